The van der Waals surface area contributed by atoms with Crippen LogP contribution in [0, 0.1) is 5.92 Å². The summed E-state index contributed by atoms with van der Waals surface area (Å²) in [5.74, 6) is -0.0373. The van der Waals surface area contributed by atoms with Gasteiger partial charge >= 0.3 is 0 Å². The van der Waals surface area contributed by atoms with Crippen LogP contribution in [0.5, 0.6) is 0 Å². The topological polar surface area (TPSA) is 54.4 Å². The molecule has 0 aliphatic heterocycles. The molecule has 0 saturated carbocycles. The van der Waals surface area contributed by atoms with E-state index in [0.29, 0.717) is 6.42 Å². The minimum Gasteiger partial charge on any atom is -0.392 e. The summed E-state index contributed by atoms with van der Waals surface area (Å²) in [4.78, 5) is 0.544. The second-order valence-corrected chi connectivity index (χ2v) is 6.39. The SMILES string of the molecule is C[C@H]1C=CC(S(=O)(=O)c2ccccc2)=CC[C@H]1O. The molecule has 0 amide bonds. The van der Waals surface area contributed by atoms with Gasteiger partial charge in [-0.05, 0) is 24.6 Å². The first-order chi connectivity index (χ1) is 8.51. The normalized spacial score (nSPS) is 24.4. The largest absolute Gasteiger partial charge is 0.392 e. The first-order valence-electron chi connectivity index (χ1n) is 5.88. The number of hydrogen-bond donors (Lipinski definition) is 1. The van der Waals surface area contributed by atoms with E-state index >= 15 is 0 Å². The summed E-state index contributed by atoms with van der Waals surface area (Å²) in [6.07, 6.45) is 4.75. The van der Waals surface area contributed by atoms with Crippen LogP contribution in [0.1, 0.15) is 13.3 Å². The fourth-order valence-electron chi connectivity index (χ4n) is 1.83. The fourth-order valence-corrected chi connectivity index (χ4v) is 3.19. The van der Waals surface area contributed by atoms with Gasteiger partial charge in [0.1, 0.15) is 0 Å². The van der Waals surface area contributed by atoms with Crippen LogP contribution in [-0.2, 0) is 9.84 Å². The minimum absolute atomic E-state index is 0.0373. The van der Waals surface area contributed by atoms with E-state index in [1.165, 1.54) is 0 Å². The lowest BCUT2D eigenvalue weighted by Gasteiger charge is -2.10. The molecule has 1 aliphatic rings. The van der Waals surface area contributed by atoms with E-state index in [0.717, 1.165) is 0 Å². The lowest BCUT2D eigenvalue weighted by Crippen LogP contribution is -2.13. The van der Waals surface area contributed by atoms with Crippen molar-refractivity contribution < 1.29 is 13.5 Å². The van der Waals surface area contributed by atoms with Crippen molar-refractivity contribution in [2.45, 2.75) is 24.3 Å². The predicted molar refractivity (Wildman–Crippen MR) is 70.6 cm³/mol. The van der Waals surface area contributed by atoms with Gasteiger partial charge in [-0.3, -0.25) is 0 Å². The third kappa shape index (κ3) is 2.54. The fraction of sp³-hybridized carbons (Fsp3) is 0.286. The molecule has 1 aromatic rings. The van der Waals surface area contributed by atoms with Crippen molar-refractivity contribution >= 4 is 9.84 Å². The minimum atomic E-state index is -3.47. The van der Waals surface area contributed by atoms with Crippen molar-refractivity contribution in [2.75, 3.05) is 0 Å². The summed E-state index contributed by atoms with van der Waals surface area (Å²) in [6, 6.07) is 8.34. The summed E-state index contributed by atoms with van der Waals surface area (Å²) >= 11 is 0. The second kappa shape index (κ2) is 5.08. The van der Waals surface area contributed by atoms with Crippen LogP contribution < -0.4 is 0 Å². The molecule has 4 heteroatoms. The van der Waals surface area contributed by atoms with Gasteiger partial charge < -0.3 is 5.11 Å². The molecule has 0 heterocycles. The van der Waals surface area contributed by atoms with Crippen LogP contribution in [-0.4, -0.2) is 19.6 Å². The highest BCUT2D eigenvalue weighted by Gasteiger charge is 2.22. The Kier molecular flexibility index (Phi) is 3.68. The maximum atomic E-state index is 12.4. The number of benzene rings is 1. The first-order valence-corrected chi connectivity index (χ1v) is 7.36. The van der Waals surface area contributed by atoms with Gasteiger partial charge in [0.15, 0.2) is 0 Å². The molecule has 2 atom stereocenters. The third-order valence-corrected chi connectivity index (χ3v) is 4.91. The Morgan fingerprint density at radius 2 is 1.89 bits per heavy atom. The van der Waals surface area contributed by atoms with Gasteiger partial charge in [-0.25, -0.2) is 8.42 Å². The van der Waals surface area contributed by atoms with Gasteiger partial charge in [0.25, 0.3) is 0 Å². The highest BCUT2D eigenvalue weighted by Crippen LogP contribution is 2.25. The van der Waals surface area contributed by atoms with Gasteiger partial charge in [-0.1, -0.05) is 37.3 Å². The van der Waals surface area contributed by atoms with Gasteiger partial charge in [-0.15, -0.1) is 0 Å². The second-order valence-electron chi connectivity index (χ2n) is 4.44. The molecule has 0 saturated heterocycles. The van der Waals surface area contributed by atoms with Crippen molar-refractivity contribution in [2.24, 2.45) is 5.92 Å². The molecule has 1 N–H and O–H groups in total. The summed E-state index contributed by atoms with van der Waals surface area (Å²) in [5.41, 5.74) is 0. The number of hydrogen-bond acceptors (Lipinski definition) is 3. The van der Waals surface area contributed by atoms with Crippen molar-refractivity contribution in [1.29, 1.82) is 0 Å². The number of aliphatic hydroxyl groups excluding tert-OH is 1. The van der Waals surface area contributed by atoms with E-state index in [-0.39, 0.29) is 15.7 Å². The lowest BCUT2D eigenvalue weighted by molar-refractivity contribution is 0.141. The average Bonchev–Trinajstić information content (AvgIpc) is 2.54. The number of aliphatic hydroxyl groups is 1. The number of sulfone groups is 1. The molecular formula is C14H16O3S. The summed E-state index contributed by atoms with van der Waals surface area (Å²) in [7, 11) is -3.47. The Bertz CT molecular complexity index is 570. The quantitative estimate of drug-likeness (QED) is 0.891. The van der Waals surface area contributed by atoms with Crippen LogP contribution in [0.15, 0.2) is 58.4 Å². The maximum absolute atomic E-state index is 12.4. The molecule has 2 rings (SSSR count). The zero-order valence-corrected chi connectivity index (χ0v) is 11.0. The summed E-state index contributed by atoms with van der Waals surface area (Å²) in [5, 5.41) is 9.72. The Hall–Kier alpha value is -1.39. The van der Waals surface area contributed by atoms with Crippen LogP contribution in [0.3, 0.4) is 0 Å². The molecule has 0 unspecified atom stereocenters. The molecule has 0 spiro atoms. The predicted octanol–water partition coefficient (Wildman–Crippen LogP) is 2.30. The van der Waals surface area contributed by atoms with Gasteiger partial charge in [0, 0.05) is 5.92 Å². The zero-order valence-electron chi connectivity index (χ0n) is 10.2. The third-order valence-electron chi connectivity index (χ3n) is 3.10. The van der Waals surface area contributed by atoms with Crippen LogP contribution in [0.4, 0.5) is 0 Å². The molecular weight excluding hydrogens is 248 g/mol. The molecule has 1 aromatic carbocycles. The molecule has 3 nitrogen and oxygen atoms in total. The van der Waals surface area contributed by atoms with Crippen LogP contribution in [0.2, 0.25) is 0 Å². The lowest BCUT2D eigenvalue weighted by atomic mass is 10.0. The molecule has 0 fully saturated rings. The Morgan fingerprint density at radius 3 is 2.56 bits per heavy atom. The smallest absolute Gasteiger partial charge is 0.206 e. The van der Waals surface area contributed by atoms with E-state index in [9.17, 15) is 13.5 Å². The van der Waals surface area contributed by atoms with Crippen molar-refractivity contribution in [1.82, 2.24) is 0 Å². The molecule has 0 bridgehead atoms. The monoisotopic (exact) mass is 264 g/mol. The molecule has 96 valence electrons. The van der Waals surface area contributed by atoms with Crippen molar-refractivity contribution in [3.05, 3.63) is 53.5 Å². The number of rotatable bonds is 2. The van der Waals surface area contributed by atoms with E-state index in [1.54, 1.807) is 48.6 Å². The molecule has 18 heavy (non-hydrogen) atoms. The average molecular weight is 264 g/mol. The summed E-state index contributed by atoms with van der Waals surface area (Å²) in [6.45, 7) is 1.87. The highest BCUT2D eigenvalue weighted by atomic mass is 32.2. The van der Waals surface area contributed by atoms with Crippen LogP contribution in [0.25, 0.3) is 0 Å². The van der Waals surface area contributed by atoms with E-state index in [4.69, 9.17) is 0 Å². The van der Waals surface area contributed by atoms with E-state index in [1.807, 2.05) is 6.92 Å². The maximum Gasteiger partial charge on any atom is 0.206 e. The van der Waals surface area contributed by atoms with Gasteiger partial charge in [-0.2, -0.15) is 0 Å². The Morgan fingerprint density at radius 1 is 1.22 bits per heavy atom. The summed E-state index contributed by atoms with van der Waals surface area (Å²) < 4.78 is 24.7. The van der Waals surface area contributed by atoms with Gasteiger partial charge in [0.2, 0.25) is 9.84 Å². The Labute approximate surface area is 107 Å². The zero-order chi connectivity index (χ0) is 13.2. The Balaban J connectivity index is 2.40. The molecule has 1 aliphatic carbocycles. The van der Waals surface area contributed by atoms with Crippen molar-refractivity contribution in [3.63, 3.8) is 0 Å². The highest BCUT2D eigenvalue weighted by molar-refractivity contribution is 7.95. The van der Waals surface area contributed by atoms with E-state index in [2.05, 4.69) is 0 Å². The van der Waals surface area contributed by atoms with Crippen molar-refractivity contribution in [3.8, 4) is 0 Å². The molecule has 0 radical (unpaired) electrons. The van der Waals surface area contributed by atoms with Gasteiger partial charge in [0.05, 0.1) is 15.9 Å². The molecule has 0 aromatic heterocycles. The first kappa shape index (κ1) is 13.1. The van der Waals surface area contributed by atoms with Crippen LogP contribution >= 0.6 is 0 Å². The number of allylic oxidation sites excluding steroid dienone is 1. The standard InChI is InChI=1S/C14H16O3S/c1-11-7-8-13(9-10-14(11)15)18(16,17)12-5-3-2-4-6-12/h2-9,11,14-15H,10H2,1H3/t11-,14+/m0/s1. The van der Waals surface area contributed by atoms with E-state index < -0.39 is 15.9 Å².